The van der Waals surface area contributed by atoms with Crippen LogP contribution in [0.3, 0.4) is 0 Å². The molecular formula is C26H26N4O2. The van der Waals surface area contributed by atoms with Crippen LogP contribution in [0.4, 0.5) is 5.82 Å². The highest BCUT2D eigenvalue weighted by atomic mass is 16.5. The number of pyridine rings is 1. The molecule has 0 saturated carbocycles. The van der Waals surface area contributed by atoms with E-state index in [2.05, 4.69) is 39.6 Å². The number of aromatic amines is 1. The number of benzene rings is 2. The van der Waals surface area contributed by atoms with Crippen LogP contribution in [-0.2, 0) is 0 Å². The van der Waals surface area contributed by atoms with Crippen molar-refractivity contribution < 1.29 is 9.47 Å². The second-order valence-corrected chi connectivity index (χ2v) is 7.72. The summed E-state index contributed by atoms with van der Waals surface area (Å²) in [5, 5.41) is 14.3. The molecule has 0 saturated heterocycles. The molecule has 0 aliphatic heterocycles. The maximum Gasteiger partial charge on any atom is 0.164 e. The lowest BCUT2D eigenvalue weighted by atomic mass is 9.89. The van der Waals surface area contributed by atoms with Gasteiger partial charge in [0, 0.05) is 40.8 Å². The number of nitrogens with one attached hydrogen (secondary N) is 2. The van der Waals surface area contributed by atoms with E-state index in [0.29, 0.717) is 29.4 Å². The van der Waals surface area contributed by atoms with Gasteiger partial charge in [0.2, 0.25) is 0 Å². The van der Waals surface area contributed by atoms with E-state index in [1.54, 1.807) is 14.2 Å². The minimum absolute atomic E-state index is 0.0784. The van der Waals surface area contributed by atoms with Crippen LogP contribution in [0.15, 0.2) is 54.7 Å². The molecule has 0 fully saturated rings. The quantitative estimate of drug-likeness (QED) is 0.418. The third kappa shape index (κ3) is 3.85. The van der Waals surface area contributed by atoms with Crippen molar-refractivity contribution in [1.29, 1.82) is 5.26 Å². The van der Waals surface area contributed by atoms with Gasteiger partial charge in [0.1, 0.15) is 11.9 Å². The van der Waals surface area contributed by atoms with Crippen molar-refractivity contribution in [2.45, 2.75) is 19.8 Å². The van der Waals surface area contributed by atoms with E-state index in [9.17, 15) is 5.26 Å². The van der Waals surface area contributed by atoms with Crippen LogP contribution in [0, 0.1) is 25.2 Å². The number of anilines is 1. The Morgan fingerprint density at radius 1 is 1.06 bits per heavy atom. The van der Waals surface area contributed by atoms with E-state index in [1.165, 1.54) is 0 Å². The largest absolute Gasteiger partial charge is 0.493 e. The zero-order valence-electron chi connectivity index (χ0n) is 18.7. The first-order chi connectivity index (χ1) is 15.6. The van der Waals surface area contributed by atoms with E-state index in [0.717, 1.165) is 33.3 Å². The molecule has 162 valence electrons. The number of hydrogen-bond acceptors (Lipinski definition) is 5. The molecule has 0 aliphatic rings. The molecule has 0 amide bonds. The summed E-state index contributed by atoms with van der Waals surface area (Å²) in [5.41, 5.74) is 5.52. The van der Waals surface area contributed by atoms with Gasteiger partial charge in [0.25, 0.3) is 0 Å². The number of aromatic nitrogens is 2. The van der Waals surface area contributed by atoms with Crippen LogP contribution in [-0.4, -0.2) is 30.7 Å². The molecule has 2 heterocycles. The Kier molecular flexibility index (Phi) is 6.00. The number of para-hydroxylation sites is 2. The van der Waals surface area contributed by atoms with Crippen molar-refractivity contribution >= 4 is 16.7 Å². The topological polar surface area (TPSA) is 83.0 Å². The first kappa shape index (κ1) is 21.3. The van der Waals surface area contributed by atoms with Crippen LogP contribution in [0.2, 0.25) is 0 Å². The summed E-state index contributed by atoms with van der Waals surface area (Å²) in [6.07, 6.45) is 2.04. The number of ether oxygens (including phenoxy) is 2. The lowest BCUT2D eigenvalue weighted by molar-refractivity contribution is 0.350. The number of H-pyrrole nitrogens is 1. The van der Waals surface area contributed by atoms with Crippen LogP contribution >= 0.6 is 0 Å². The fourth-order valence-electron chi connectivity index (χ4n) is 4.26. The van der Waals surface area contributed by atoms with E-state index in [1.807, 2.05) is 50.4 Å². The molecule has 2 aromatic heterocycles. The van der Waals surface area contributed by atoms with E-state index in [4.69, 9.17) is 9.47 Å². The molecule has 0 spiro atoms. The minimum atomic E-state index is -0.0784. The summed E-state index contributed by atoms with van der Waals surface area (Å²) in [5.74, 6) is 1.89. The normalized spacial score (nSPS) is 11.7. The summed E-state index contributed by atoms with van der Waals surface area (Å²) in [6.45, 7) is 4.39. The zero-order valence-corrected chi connectivity index (χ0v) is 18.7. The van der Waals surface area contributed by atoms with E-state index >= 15 is 0 Å². The van der Waals surface area contributed by atoms with Crippen LogP contribution in [0.5, 0.6) is 11.5 Å². The molecule has 6 heteroatoms. The van der Waals surface area contributed by atoms with E-state index in [-0.39, 0.29) is 5.92 Å². The summed E-state index contributed by atoms with van der Waals surface area (Å²) in [7, 11) is 3.29. The van der Waals surface area contributed by atoms with Gasteiger partial charge < -0.3 is 19.8 Å². The fourth-order valence-corrected chi connectivity index (χ4v) is 4.26. The van der Waals surface area contributed by atoms with Gasteiger partial charge in [0.05, 0.1) is 19.8 Å². The highest BCUT2D eigenvalue weighted by Gasteiger charge is 2.24. The van der Waals surface area contributed by atoms with Crippen molar-refractivity contribution in [1.82, 2.24) is 9.97 Å². The number of methoxy groups -OCH3 is 2. The minimum Gasteiger partial charge on any atom is -0.493 e. The Morgan fingerprint density at radius 3 is 2.62 bits per heavy atom. The van der Waals surface area contributed by atoms with Crippen molar-refractivity contribution in [3.63, 3.8) is 0 Å². The number of nitrogens with zero attached hydrogens (tertiary/aromatic N) is 2. The van der Waals surface area contributed by atoms with Crippen LogP contribution in [0.1, 0.15) is 33.9 Å². The lowest BCUT2D eigenvalue weighted by Crippen LogP contribution is -2.17. The Hall–Kier alpha value is -3.98. The fraction of sp³-hybridized carbons (Fsp3) is 0.231. The first-order valence-corrected chi connectivity index (χ1v) is 10.5. The van der Waals surface area contributed by atoms with Crippen molar-refractivity contribution in [3.05, 3.63) is 82.7 Å². The first-order valence-electron chi connectivity index (χ1n) is 10.5. The molecule has 32 heavy (non-hydrogen) atoms. The van der Waals surface area contributed by atoms with Gasteiger partial charge >= 0.3 is 0 Å². The van der Waals surface area contributed by atoms with Crippen LogP contribution < -0.4 is 14.8 Å². The number of hydrogen-bond donors (Lipinski definition) is 2. The van der Waals surface area contributed by atoms with Gasteiger partial charge in [0.15, 0.2) is 11.5 Å². The second-order valence-electron chi connectivity index (χ2n) is 7.72. The Labute approximate surface area is 187 Å². The predicted molar refractivity (Wildman–Crippen MR) is 127 cm³/mol. The average Bonchev–Trinajstić information content (AvgIpc) is 3.22. The molecule has 4 rings (SSSR count). The number of aryl methyl sites for hydroxylation is 2. The third-order valence-electron chi connectivity index (χ3n) is 5.74. The number of nitriles is 1. The molecule has 0 aliphatic carbocycles. The Balaban J connectivity index is 1.83. The molecule has 2 N–H and O–H groups in total. The standard InChI is InChI=1S/C26H26N4O2/c1-16-12-17(2)30-26(20(16)13-27)29-15-22(19-9-7-11-24(31-3)25(19)32-4)21-14-28-23-10-6-5-8-18(21)23/h5-12,14,22,28H,15H2,1-4H3,(H,29,30). The summed E-state index contributed by atoms with van der Waals surface area (Å²) < 4.78 is 11.3. The van der Waals surface area contributed by atoms with Gasteiger partial charge in [-0.1, -0.05) is 30.3 Å². The molecule has 6 nitrogen and oxygen atoms in total. The average molecular weight is 427 g/mol. The number of rotatable bonds is 7. The van der Waals surface area contributed by atoms with Gasteiger partial charge in [-0.05, 0) is 43.2 Å². The molecule has 2 aromatic carbocycles. The smallest absolute Gasteiger partial charge is 0.164 e. The molecule has 0 bridgehead atoms. The van der Waals surface area contributed by atoms with Crippen molar-refractivity contribution in [2.75, 3.05) is 26.1 Å². The molecule has 0 radical (unpaired) electrons. The van der Waals surface area contributed by atoms with E-state index < -0.39 is 0 Å². The maximum atomic E-state index is 9.68. The van der Waals surface area contributed by atoms with Gasteiger partial charge in [-0.3, -0.25) is 0 Å². The number of fused-ring (bicyclic) bond motifs is 1. The highest BCUT2D eigenvalue weighted by Crippen LogP contribution is 2.40. The van der Waals surface area contributed by atoms with Crippen molar-refractivity contribution in [3.8, 4) is 17.6 Å². The maximum absolute atomic E-state index is 9.68. The molecular weight excluding hydrogens is 400 g/mol. The Morgan fingerprint density at radius 2 is 1.88 bits per heavy atom. The molecule has 4 aromatic rings. The van der Waals surface area contributed by atoms with Crippen molar-refractivity contribution in [2.24, 2.45) is 0 Å². The summed E-state index contributed by atoms with van der Waals surface area (Å²) in [4.78, 5) is 7.97. The monoisotopic (exact) mass is 426 g/mol. The molecule has 1 unspecified atom stereocenters. The third-order valence-corrected chi connectivity index (χ3v) is 5.74. The van der Waals surface area contributed by atoms with Gasteiger partial charge in [-0.25, -0.2) is 4.98 Å². The summed E-state index contributed by atoms with van der Waals surface area (Å²) in [6, 6.07) is 18.3. The SMILES string of the molecule is COc1cccc(C(CNc2nc(C)cc(C)c2C#N)c2c[nH]c3ccccc23)c1OC. The predicted octanol–water partition coefficient (Wildman–Crippen LogP) is 5.31. The highest BCUT2D eigenvalue weighted by molar-refractivity contribution is 5.84. The van der Waals surface area contributed by atoms with Crippen LogP contribution in [0.25, 0.3) is 10.9 Å². The molecule has 1 atom stereocenters. The lowest BCUT2D eigenvalue weighted by Gasteiger charge is -2.22. The van der Waals surface area contributed by atoms with Gasteiger partial charge in [-0.2, -0.15) is 5.26 Å². The Bertz CT molecular complexity index is 1300. The van der Waals surface area contributed by atoms with Gasteiger partial charge in [-0.15, -0.1) is 0 Å². The second kappa shape index (κ2) is 9.03. The zero-order chi connectivity index (χ0) is 22.7. The summed E-state index contributed by atoms with van der Waals surface area (Å²) >= 11 is 0.